The van der Waals surface area contributed by atoms with Gasteiger partial charge in [0.1, 0.15) is 0 Å². The Hall–Kier alpha value is -1.76. The second kappa shape index (κ2) is 6.42. The number of aromatic nitrogens is 1. The number of hydrogen-bond acceptors (Lipinski definition) is 5. The topological polar surface area (TPSA) is 82.5 Å². The van der Waals surface area contributed by atoms with Gasteiger partial charge < -0.3 is 15.5 Å². The summed E-state index contributed by atoms with van der Waals surface area (Å²) in [6, 6.07) is 9.36. The fourth-order valence-corrected chi connectivity index (χ4v) is 2.27. The lowest BCUT2D eigenvalue weighted by molar-refractivity contribution is 0.0696. The average molecular weight is 278 g/mol. The minimum atomic E-state index is -1.01. The number of carboxylic acid groups (broad SMARTS) is 1. The predicted octanol–water partition coefficient (Wildman–Crippen LogP) is 1.66. The first kappa shape index (κ1) is 13.7. The monoisotopic (exact) mass is 278 g/mol. The summed E-state index contributed by atoms with van der Waals surface area (Å²) < 4.78 is 0. The van der Waals surface area contributed by atoms with E-state index in [0.29, 0.717) is 18.8 Å². The van der Waals surface area contributed by atoms with E-state index >= 15 is 0 Å². The maximum Gasteiger partial charge on any atom is 0.365 e. The van der Waals surface area contributed by atoms with Crippen molar-refractivity contribution in [3.05, 3.63) is 52.0 Å². The van der Waals surface area contributed by atoms with Crippen LogP contribution in [0.1, 0.15) is 27.2 Å². The molecule has 5 nitrogen and oxygen atoms in total. The van der Waals surface area contributed by atoms with Crippen LogP contribution in [0.4, 0.5) is 0 Å². The van der Waals surface area contributed by atoms with Crippen molar-refractivity contribution in [1.82, 2.24) is 10.3 Å². The van der Waals surface area contributed by atoms with Crippen molar-refractivity contribution >= 4 is 17.3 Å². The van der Waals surface area contributed by atoms with Crippen molar-refractivity contribution in [1.29, 1.82) is 0 Å². The summed E-state index contributed by atoms with van der Waals surface area (Å²) in [6.07, 6.45) is -0.584. The molecule has 3 N–H and O–H groups in total. The second-order valence-corrected chi connectivity index (χ2v) is 4.86. The Balaban J connectivity index is 1.81. The molecule has 100 valence electrons. The molecule has 0 aliphatic carbocycles. The van der Waals surface area contributed by atoms with Gasteiger partial charge in [-0.05, 0) is 5.56 Å². The van der Waals surface area contributed by atoms with Gasteiger partial charge in [0, 0.05) is 18.5 Å². The minimum absolute atomic E-state index is 0.0837. The molecule has 0 bridgehead atoms. The zero-order valence-electron chi connectivity index (χ0n) is 10.1. The van der Waals surface area contributed by atoms with Crippen LogP contribution < -0.4 is 5.32 Å². The molecule has 0 aliphatic rings. The maximum absolute atomic E-state index is 10.7. The summed E-state index contributed by atoms with van der Waals surface area (Å²) in [5.74, 6) is -1.01. The van der Waals surface area contributed by atoms with E-state index < -0.39 is 12.1 Å². The molecule has 0 amide bonds. The highest BCUT2D eigenvalue weighted by atomic mass is 32.1. The molecule has 1 aromatic heterocycles. The highest BCUT2D eigenvalue weighted by molar-refractivity contribution is 7.11. The molecule has 19 heavy (non-hydrogen) atoms. The van der Waals surface area contributed by atoms with E-state index in [1.807, 2.05) is 30.3 Å². The number of hydrogen-bond donors (Lipinski definition) is 3. The summed E-state index contributed by atoms with van der Waals surface area (Å²) in [5.41, 5.74) is 1.52. The molecule has 0 radical (unpaired) electrons. The van der Waals surface area contributed by atoms with E-state index in [1.54, 1.807) is 5.38 Å². The first-order chi connectivity index (χ1) is 9.16. The molecular weight excluding hydrogens is 264 g/mol. The number of aliphatic hydroxyl groups excluding tert-OH is 1. The van der Waals surface area contributed by atoms with Gasteiger partial charge in [0.25, 0.3) is 0 Å². The van der Waals surface area contributed by atoms with Crippen LogP contribution in [0.5, 0.6) is 0 Å². The summed E-state index contributed by atoms with van der Waals surface area (Å²) in [5, 5.41) is 23.5. The Kier molecular flexibility index (Phi) is 4.62. The molecule has 0 aliphatic heterocycles. The Bertz CT molecular complexity index is 542. The number of thiazole rings is 1. The van der Waals surface area contributed by atoms with Crippen LogP contribution in [0.2, 0.25) is 0 Å². The van der Waals surface area contributed by atoms with Gasteiger partial charge in [0.2, 0.25) is 5.01 Å². The fraction of sp³-hybridized carbons (Fsp3) is 0.231. The number of rotatable bonds is 6. The lowest BCUT2D eigenvalue weighted by Crippen LogP contribution is -2.21. The molecule has 0 saturated heterocycles. The van der Waals surface area contributed by atoms with Crippen molar-refractivity contribution in [2.24, 2.45) is 0 Å². The smallest absolute Gasteiger partial charge is 0.365 e. The highest BCUT2D eigenvalue weighted by Crippen LogP contribution is 2.12. The first-order valence-corrected chi connectivity index (χ1v) is 6.66. The van der Waals surface area contributed by atoms with Crippen molar-refractivity contribution in [2.45, 2.75) is 12.6 Å². The van der Waals surface area contributed by atoms with Gasteiger partial charge in [0.15, 0.2) is 0 Å². The lowest BCUT2D eigenvalue weighted by atomic mass is 10.1. The van der Waals surface area contributed by atoms with Crippen LogP contribution >= 0.6 is 11.3 Å². The summed E-state index contributed by atoms with van der Waals surface area (Å²) in [4.78, 5) is 14.6. The quantitative estimate of drug-likeness (QED) is 0.748. The second-order valence-electron chi connectivity index (χ2n) is 4.01. The van der Waals surface area contributed by atoms with Gasteiger partial charge in [-0.1, -0.05) is 30.3 Å². The van der Waals surface area contributed by atoms with E-state index in [4.69, 9.17) is 5.11 Å². The highest BCUT2D eigenvalue weighted by Gasteiger charge is 2.10. The van der Waals surface area contributed by atoms with E-state index in [-0.39, 0.29) is 5.01 Å². The number of aliphatic hydroxyl groups is 1. The molecule has 2 rings (SSSR count). The fourth-order valence-electron chi connectivity index (χ4n) is 1.62. The summed E-state index contributed by atoms with van der Waals surface area (Å²) >= 11 is 1.10. The third kappa shape index (κ3) is 3.85. The van der Waals surface area contributed by atoms with Gasteiger partial charge in [0.05, 0.1) is 11.8 Å². The van der Waals surface area contributed by atoms with Crippen molar-refractivity contribution in [3.8, 4) is 0 Å². The van der Waals surface area contributed by atoms with Gasteiger partial charge >= 0.3 is 5.97 Å². The van der Waals surface area contributed by atoms with Crippen LogP contribution in [0.3, 0.4) is 0 Å². The number of carbonyl (C=O) groups is 1. The number of nitrogens with one attached hydrogen (secondary N) is 1. The number of nitrogens with zero attached hydrogens (tertiary/aromatic N) is 1. The predicted molar refractivity (Wildman–Crippen MR) is 72.2 cm³/mol. The molecule has 0 fully saturated rings. The van der Waals surface area contributed by atoms with E-state index in [2.05, 4.69) is 10.3 Å². The minimum Gasteiger partial charge on any atom is -0.476 e. The molecule has 6 heteroatoms. The van der Waals surface area contributed by atoms with Crippen LogP contribution in [-0.2, 0) is 6.54 Å². The summed E-state index contributed by atoms with van der Waals surface area (Å²) in [6.45, 7) is 0.831. The molecule has 0 saturated carbocycles. The molecule has 0 spiro atoms. The van der Waals surface area contributed by atoms with Crippen LogP contribution in [-0.4, -0.2) is 27.7 Å². The Morgan fingerprint density at radius 2 is 2.11 bits per heavy atom. The average Bonchev–Trinajstić information content (AvgIpc) is 2.89. The first-order valence-electron chi connectivity index (χ1n) is 5.78. The zero-order valence-corrected chi connectivity index (χ0v) is 10.9. The van der Waals surface area contributed by atoms with Crippen LogP contribution in [0.15, 0.2) is 35.7 Å². The van der Waals surface area contributed by atoms with Crippen molar-refractivity contribution in [2.75, 3.05) is 6.54 Å². The third-order valence-electron chi connectivity index (χ3n) is 2.56. The molecular formula is C13H14N2O3S. The molecule has 1 unspecified atom stereocenters. The van der Waals surface area contributed by atoms with Gasteiger partial charge in [-0.3, -0.25) is 0 Å². The van der Waals surface area contributed by atoms with Gasteiger partial charge in [-0.15, -0.1) is 11.3 Å². The van der Waals surface area contributed by atoms with E-state index in [1.165, 1.54) is 0 Å². The van der Waals surface area contributed by atoms with E-state index in [9.17, 15) is 9.90 Å². The largest absolute Gasteiger partial charge is 0.476 e. The normalized spacial score (nSPS) is 12.3. The van der Waals surface area contributed by atoms with Crippen molar-refractivity contribution in [3.63, 3.8) is 0 Å². The molecule has 1 heterocycles. The molecule has 2 aromatic rings. The standard InChI is InChI=1S/C13H14N2O3S/c16-11(9-4-2-1-3-5-9)7-14-6-10-8-19-12(15-10)13(17)18/h1-5,8,11,14,16H,6-7H2,(H,17,18). The zero-order chi connectivity index (χ0) is 13.7. The molecule has 1 atom stereocenters. The van der Waals surface area contributed by atoms with Gasteiger partial charge in [-0.25, -0.2) is 9.78 Å². The number of benzene rings is 1. The number of aromatic carboxylic acids is 1. The SMILES string of the molecule is O=C(O)c1nc(CNCC(O)c2ccccc2)cs1. The Labute approximate surface area is 114 Å². The third-order valence-corrected chi connectivity index (χ3v) is 3.44. The Morgan fingerprint density at radius 1 is 1.37 bits per heavy atom. The van der Waals surface area contributed by atoms with E-state index in [0.717, 1.165) is 16.9 Å². The maximum atomic E-state index is 10.7. The van der Waals surface area contributed by atoms with Gasteiger partial charge in [-0.2, -0.15) is 0 Å². The lowest BCUT2D eigenvalue weighted by Gasteiger charge is -2.11. The number of carboxylic acids is 1. The molecule has 1 aromatic carbocycles. The van der Waals surface area contributed by atoms with Crippen molar-refractivity contribution < 1.29 is 15.0 Å². The van der Waals surface area contributed by atoms with Crippen LogP contribution in [0.25, 0.3) is 0 Å². The summed E-state index contributed by atoms with van der Waals surface area (Å²) in [7, 11) is 0. The Morgan fingerprint density at radius 3 is 2.74 bits per heavy atom. The van der Waals surface area contributed by atoms with Crippen LogP contribution in [0, 0.1) is 0 Å².